The SMILES string of the molecule is Nc1cccc2c1CCCC2N. The molecule has 0 spiro atoms. The van der Waals surface area contributed by atoms with Crippen molar-refractivity contribution >= 4 is 5.69 Å². The number of nitrogens with two attached hydrogens (primary N) is 2. The monoisotopic (exact) mass is 162 g/mol. The van der Waals surface area contributed by atoms with E-state index in [2.05, 4.69) is 6.07 Å². The van der Waals surface area contributed by atoms with Crippen LogP contribution < -0.4 is 11.5 Å². The van der Waals surface area contributed by atoms with Gasteiger partial charge >= 0.3 is 0 Å². The molecule has 12 heavy (non-hydrogen) atoms. The van der Waals surface area contributed by atoms with Crippen LogP contribution in [0.1, 0.15) is 30.0 Å². The summed E-state index contributed by atoms with van der Waals surface area (Å²) in [6, 6.07) is 6.24. The van der Waals surface area contributed by atoms with Crippen LogP contribution >= 0.6 is 0 Å². The van der Waals surface area contributed by atoms with Crippen LogP contribution in [0.15, 0.2) is 18.2 Å². The first-order valence-corrected chi connectivity index (χ1v) is 4.42. The van der Waals surface area contributed by atoms with Crippen molar-refractivity contribution in [3.8, 4) is 0 Å². The summed E-state index contributed by atoms with van der Waals surface area (Å²) in [4.78, 5) is 0. The second-order valence-electron chi connectivity index (χ2n) is 3.41. The van der Waals surface area contributed by atoms with Gasteiger partial charge in [-0.05, 0) is 36.5 Å². The van der Waals surface area contributed by atoms with Gasteiger partial charge in [-0.25, -0.2) is 0 Å². The number of hydrogen-bond acceptors (Lipinski definition) is 2. The minimum Gasteiger partial charge on any atom is -0.398 e. The fraction of sp³-hybridized carbons (Fsp3) is 0.400. The minimum absolute atomic E-state index is 0.206. The summed E-state index contributed by atoms with van der Waals surface area (Å²) in [6.07, 6.45) is 3.36. The van der Waals surface area contributed by atoms with Crippen molar-refractivity contribution in [2.75, 3.05) is 5.73 Å². The Kier molecular flexibility index (Phi) is 1.77. The van der Waals surface area contributed by atoms with Gasteiger partial charge in [-0.3, -0.25) is 0 Å². The molecule has 1 atom stereocenters. The highest BCUT2D eigenvalue weighted by molar-refractivity contribution is 5.52. The molecule has 2 heteroatoms. The predicted molar refractivity (Wildman–Crippen MR) is 50.7 cm³/mol. The maximum atomic E-state index is 5.96. The number of anilines is 1. The fourth-order valence-electron chi connectivity index (χ4n) is 1.91. The molecule has 64 valence electrons. The number of hydrogen-bond donors (Lipinski definition) is 2. The molecule has 0 bridgehead atoms. The molecule has 4 N–H and O–H groups in total. The lowest BCUT2D eigenvalue weighted by atomic mass is 9.87. The maximum Gasteiger partial charge on any atom is 0.0349 e. The molecule has 2 nitrogen and oxygen atoms in total. The Morgan fingerprint density at radius 3 is 2.92 bits per heavy atom. The highest BCUT2D eigenvalue weighted by Crippen LogP contribution is 2.30. The van der Waals surface area contributed by atoms with Crippen molar-refractivity contribution in [3.63, 3.8) is 0 Å². The van der Waals surface area contributed by atoms with Crippen LogP contribution in [-0.2, 0) is 6.42 Å². The molecule has 0 saturated carbocycles. The average molecular weight is 162 g/mol. The first kappa shape index (κ1) is 7.62. The second kappa shape index (κ2) is 2.79. The summed E-state index contributed by atoms with van der Waals surface area (Å²) in [7, 11) is 0. The Balaban J connectivity index is 2.52. The zero-order valence-corrected chi connectivity index (χ0v) is 7.09. The zero-order chi connectivity index (χ0) is 8.55. The molecule has 1 aromatic carbocycles. The smallest absolute Gasteiger partial charge is 0.0349 e. The number of benzene rings is 1. The highest BCUT2D eigenvalue weighted by atomic mass is 14.7. The van der Waals surface area contributed by atoms with Gasteiger partial charge in [0.1, 0.15) is 0 Å². The molecule has 0 aliphatic heterocycles. The Labute approximate surface area is 72.6 Å². The third-order valence-corrected chi connectivity index (χ3v) is 2.59. The van der Waals surface area contributed by atoms with Gasteiger partial charge in [0.2, 0.25) is 0 Å². The van der Waals surface area contributed by atoms with E-state index in [-0.39, 0.29) is 6.04 Å². The molecule has 1 unspecified atom stereocenters. The van der Waals surface area contributed by atoms with E-state index in [1.807, 2.05) is 12.1 Å². The summed E-state index contributed by atoms with van der Waals surface area (Å²) < 4.78 is 0. The quantitative estimate of drug-likeness (QED) is 0.569. The lowest BCUT2D eigenvalue weighted by molar-refractivity contribution is 0.571. The van der Waals surface area contributed by atoms with Gasteiger partial charge in [0, 0.05) is 11.7 Å². The first-order chi connectivity index (χ1) is 5.79. The Bertz CT molecular complexity index is 294. The molecule has 1 aliphatic rings. The topological polar surface area (TPSA) is 52.0 Å². The molecule has 2 rings (SSSR count). The van der Waals surface area contributed by atoms with Gasteiger partial charge in [-0.1, -0.05) is 12.1 Å². The van der Waals surface area contributed by atoms with Crippen molar-refractivity contribution < 1.29 is 0 Å². The van der Waals surface area contributed by atoms with Crippen molar-refractivity contribution in [3.05, 3.63) is 29.3 Å². The molecule has 1 aromatic rings. The molecular formula is C10H14N2. The van der Waals surface area contributed by atoms with E-state index in [9.17, 15) is 0 Å². The Hall–Kier alpha value is -1.02. The van der Waals surface area contributed by atoms with Crippen LogP contribution in [0, 0.1) is 0 Å². The molecule has 1 aliphatic carbocycles. The lowest BCUT2D eigenvalue weighted by Crippen LogP contribution is -2.18. The normalized spacial score (nSPS) is 21.9. The van der Waals surface area contributed by atoms with Crippen molar-refractivity contribution in [2.24, 2.45) is 5.73 Å². The molecule has 0 aromatic heterocycles. The van der Waals surface area contributed by atoms with Gasteiger partial charge in [0.15, 0.2) is 0 Å². The van der Waals surface area contributed by atoms with E-state index in [4.69, 9.17) is 11.5 Å². The van der Waals surface area contributed by atoms with Crippen LogP contribution in [-0.4, -0.2) is 0 Å². The largest absolute Gasteiger partial charge is 0.398 e. The van der Waals surface area contributed by atoms with E-state index in [0.29, 0.717) is 0 Å². The standard InChI is InChI=1S/C10H14N2/c11-9-5-1-3-7-8(9)4-2-6-10(7)12/h1,3,5,10H,2,4,6,11-12H2. The van der Waals surface area contributed by atoms with Crippen LogP contribution in [0.2, 0.25) is 0 Å². The second-order valence-corrected chi connectivity index (χ2v) is 3.41. The van der Waals surface area contributed by atoms with Crippen LogP contribution in [0.3, 0.4) is 0 Å². The first-order valence-electron chi connectivity index (χ1n) is 4.42. The summed E-state index contributed by atoms with van der Waals surface area (Å²) in [5, 5.41) is 0. The average Bonchev–Trinajstić information content (AvgIpc) is 2.07. The number of rotatable bonds is 0. The van der Waals surface area contributed by atoms with Gasteiger partial charge in [0.25, 0.3) is 0 Å². The van der Waals surface area contributed by atoms with Crippen LogP contribution in [0.5, 0.6) is 0 Å². The molecular weight excluding hydrogens is 148 g/mol. The molecule has 0 radical (unpaired) electrons. The summed E-state index contributed by atoms with van der Waals surface area (Å²) in [6.45, 7) is 0. The van der Waals surface area contributed by atoms with E-state index in [1.54, 1.807) is 0 Å². The molecule has 0 fully saturated rings. The molecule has 0 saturated heterocycles. The van der Waals surface area contributed by atoms with Crippen LogP contribution in [0.4, 0.5) is 5.69 Å². The zero-order valence-electron chi connectivity index (χ0n) is 7.09. The van der Waals surface area contributed by atoms with Crippen molar-refractivity contribution in [1.29, 1.82) is 0 Å². The van der Waals surface area contributed by atoms with E-state index < -0.39 is 0 Å². The fourth-order valence-corrected chi connectivity index (χ4v) is 1.91. The van der Waals surface area contributed by atoms with E-state index >= 15 is 0 Å². The van der Waals surface area contributed by atoms with Gasteiger partial charge in [-0.15, -0.1) is 0 Å². The van der Waals surface area contributed by atoms with Gasteiger partial charge < -0.3 is 11.5 Å². The summed E-state index contributed by atoms with van der Waals surface area (Å²) in [5.74, 6) is 0. The number of nitrogen functional groups attached to an aromatic ring is 1. The van der Waals surface area contributed by atoms with Crippen molar-refractivity contribution in [2.45, 2.75) is 25.3 Å². The third-order valence-electron chi connectivity index (χ3n) is 2.59. The Morgan fingerprint density at radius 1 is 1.33 bits per heavy atom. The lowest BCUT2D eigenvalue weighted by Gasteiger charge is -2.23. The summed E-state index contributed by atoms with van der Waals surface area (Å²) in [5.41, 5.74) is 15.2. The number of fused-ring (bicyclic) bond motifs is 1. The molecule has 0 amide bonds. The third kappa shape index (κ3) is 1.08. The Morgan fingerprint density at radius 2 is 2.17 bits per heavy atom. The van der Waals surface area contributed by atoms with Crippen molar-refractivity contribution in [1.82, 2.24) is 0 Å². The highest BCUT2D eigenvalue weighted by Gasteiger charge is 2.17. The van der Waals surface area contributed by atoms with Gasteiger partial charge in [0.05, 0.1) is 0 Å². The van der Waals surface area contributed by atoms with Gasteiger partial charge in [-0.2, -0.15) is 0 Å². The van der Waals surface area contributed by atoms with Crippen LogP contribution in [0.25, 0.3) is 0 Å². The minimum atomic E-state index is 0.206. The van der Waals surface area contributed by atoms with E-state index in [1.165, 1.54) is 17.5 Å². The predicted octanol–water partition coefficient (Wildman–Crippen LogP) is 1.60. The maximum absolute atomic E-state index is 5.96. The van der Waals surface area contributed by atoms with E-state index in [0.717, 1.165) is 18.5 Å². The molecule has 0 heterocycles. The summed E-state index contributed by atoms with van der Waals surface area (Å²) >= 11 is 0.